The molecule has 0 aliphatic carbocycles. The highest BCUT2D eigenvalue weighted by Gasteiger charge is 2.22. The lowest BCUT2D eigenvalue weighted by Gasteiger charge is -2.28. The minimum atomic E-state index is -1.13. The van der Waals surface area contributed by atoms with E-state index in [0.717, 1.165) is 12.8 Å². The summed E-state index contributed by atoms with van der Waals surface area (Å²) in [5, 5.41) is 26.9. The van der Waals surface area contributed by atoms with E-state index in [4.69, 9.17) is 19.7 Å². The number of rotatable bonds is 18. The molecule has 0 saturated heterocycles. The molecule has 0 heterocycles. The molecule has 0 fully saturated rings. The molecule has 0 saturated carbocycles. The SMILES string of the molecule is C[C@H](CCN(CCCCOC(=O)NCNC(=O)CCCCCCNC(=O)O)C(=O)OC(C)(C)C)NC(=O)O. The molecule has 14 heteroatoms. The highest BCUT2D eigenvalue weighted by molar-refractivity contribution is 5.76. The maximum atomic E-state index is 12.5. The Bertz CT molecular complexity index is 743. The lowest BCUT2D eigenvalue weighted by atomic mass is 10.1. The summed E-state index contributed by atoms with van der Waals surface area (Å²) in [6.07, 6.45) is 1.40. The molecule has 0 aliphatic heterocycles. The van der Waals surface area contributed by atoms with Crippen molar-refractivity contribution in [1.82, 2.24) is 26.2 Å². The number of carbonyl (C=O) groups excluding carboxylic acids is 3. The number of unbranched alkanes of at least 4 members (excludes halogenated alkanes) is 4. The lowest BCUT2D eigenvalue weighted by molar-refractivity contribution is -0.121. The summed E-state index contributed by atoms with van der Waals surface area (Å²) < 4.78 is 10.5. The van der Waals surface area contributed by atoms with Gasteiger partial charge < -0.3 is 45.9 Å². The predicted molar refractivity (Wildman–Crippen MR) is 139 cm³/mol. The molecule has 0 aliphatic rings. The Morgan fingerprint density at radius 2 is 1.53 bits per heavy atom. The van der Waals surface area contributed by atoms with Crippen LogP contribution < -0.4 is 21.3 Å². The number of amides is 5. The maximum Gasteiger partial charge on any atom is 0.410 e. The first kappa shape index (κ1) is 34.6. The zero-order valence-electron chi connectivity index (χ0n) is 23.0. The van der Waals surface area contributed by atoms with Crippen molar-refractivity contribution in [3.63, 3.8) is 0 Å². The van der Waals surface area contributed by atoms with E-state index in [1.54, 1.807) is 27.7 Å². The van der Waals surface area contributed by atoms with Gasteiger partial charge in [-0.3, -0.25) is 4.79 Å². The van der Waals surface area contributed by atoms with Crippen LogP contribution >= 0.6 is 0 Å². The van der Waals surface area contributed by atoms with Crippen molar-refractivity contribution in [2.45, 2.75) is 90.7 Å². The molecule has 0 aromatic heterocycles. The van der Waals surface area contributed by atoms with E-state index in [2.05, 4.69) is 21.3 Å². The van der Waals surface area contributed by atoms with Gasteiger partial charge in [0.1, 0.15) is 5.60 Å². The second kappa shape index (κ2) is 19.6. The minimum absolute atomic E-state index is 0.0603. The fourth-order valence-corrected chi connectivity index (χ4v) is 3.14. The number of alkyl carbamates (subject to hydrolysis) is 1. The number of carboxylic acid groups (broad SMARTS) is 2. The zero-order chi connectivity index (χ0) is 29.0. The molecular weight excluding hydrogens is 502 g/mol. The van der Waals surface area contributed by atoms with Crippen molar-refractivity contribution in [1.29, 1.82) is 0 Å². The standard InChI is InChI=1S/C24H45N5O9/c1-18(28-21(33)34)12-15-29(23(36)38-24(2,3)4)14-9-10-16-37-22(35)27-17-26-19(30)11-7-5-6-8-13-25-20(31)32/h18,25,28H,5-17H2,1-4H3,(H,26,30)(H,27,35)(H,31,32)(H,33,34)/t18-/m1/s1. The molecule has 0 radical (unpaired) electrons. The molecule has 38 heavy (non-hydrogen) atoms. The van der Waals surface area contributed by atoms with Gasteiger partial charge in [-0.1, -0.05) is 12.8 Å². The fraction of sp³-hybridized carbons (Fsp3) is 0.792. The van der Waals surface area contributed by atoms with Gasteiger partial charge in [0.15, 0.2) is 0 Å². The molecule has 0 unspecified atom stereocenters. The molecule has 14 nitrogen and oxygen atoms in total. The summed E-state index contributed by atoms with van der Waals surface area (Å²) in [7, 11) is 0. The topological polar surface area (TPSA) is 196 Å². The largest absolute Gasteiger partial charge is 0.465 e. The summed E-state index contributed by atoms with van der Waals surface area (Å²) in [5.41, 5.74) is -0.669. The average molecular weight is 548 g/mol. The van der Waals surface area contributed by atoms with E-state index in [1.807, 2.05) is 0 Å². The first-order valence-corrected chi connectivity index (χ1v) is 12.9. The molecule has 0 rings (SSSR count). The summed E-state index contributed by atoms with van der Waals surface area (Å²) in [6, 6.07) is -0.335. The molecule has 1 atom stereocenters. The van der Waals surface area contributed by atoms with Crippen molar-refractivity contribution in [3.8, 4) is 0 Å². The van der Waals surface area contributed by atoms with Crippen LogP contribution in [0, 0.1) is 0 Å². The number of hydrogen-bond donors (Lipinski definition) is 6. The Morgan fingerprint density at radius 3 is 2.16 bits per heavy atom. The van der Waals surface area contributed by atoms with Crippen LogP contribution in [0.2, 0.25) is 0 Å². The smallest absolute Gasteiger partial charge is 0.410 e. The van der Waals surface area contributed by atoms with E-state index >= 15 is 0 Å². The fourth-order valence-electron chi connectivity index (χ4n) is 3.14. The first-order valence-electron chi connectivity index (χ1n) is 12.9. The molecule has 220 valence electrons. The van der Waals surface area contributed by atoms with Crippen molar-refractivity contribution in [2.75, 3.05) is 32.9 Å². The van der Waals surface area contributed by atoms with Gasteiger partial charge in [-0.25, -0.2) is 19.2 Å². The number of ether oxygens (including phenoxy) is 2. The van der Waals surface area contributed by atoms with Crippen LogP contribution in [0.25, 0.3) is 0 Å². The Labute approximate surface area is 224 Å². The summed E-state index contributed by atoms with van der Waals surface area (Å²) in [6.45, 7) is 8.10. The highest BCUT2D eigenvalue weighted by atomic mass is 16.6. The second-order valence-corrected chi connectivity index (χ2v) is 9.80. The van der Waals surface area contributed by atoms with Gasteiger partial charge in [0.2, 0.25) is 5.91 Å². The Morgan fingerprint density at radius 1 is 0.842 bits per heavy atom. The van der Waals surface area contributed by atoms with Crippen LogP contribution in [0.15, 0.2) is 0 Å². The van der Waals surface area contributed by atoms with Crippen LogP contribution in [0.5, 0.6) is 0 Å². The van der Waals surface area contributed by atoms with E-state index in [0.29, 0.717) is 58.2 Å². The second-order valence-electron chi connectivity index (χ2n) is 9.80. The van der Waals surface area contributed by atoms with Crippen molar-refractivity contribution in [3.05, 3.63) is 0 Å². The van der Waals surface area contributed by atoms with Gasteiger partial charge in [-0.15, -0.1) is 0 Å². The Hall–Kier alpha value is -3.45. The first-order chi connectivity index (χ1) is 17.8. The van der Waals surface area contributed by atoms with Gasteiger partial charge >= 0.3 is 24.4 Å². The van der Waals surface area contributed by atoms with E-state index in [1.165, 1.54) is 4.90 Å². The third-order valence-corrected chi connectivity index (χ3v) is 5.03. The number of carbonyl (C=O) groups is 5. The predicted octanol–water partition coefficient (Wildman–Crippen LogP) is 3.07. The van der Waals surface area contributed by atoms with E-state index in [-0.39, 0.29) is 25.2 Å². The minimum Gasteiger partial charge on any atom is -0.465 e. The molecule has 6 N–H and O–H groups in total. The zero-order valence-corrected chi connectivity index (χ0v) is 23.0. The van der Waals surface area contributed by atoms with Crippen LogP contribution in [-0.2, 0) is 14.3 Å². The third-order valence-electron chi connectivity index (χ3n) is 5.03. The number of hydrogen-bond acceptors (Lipinski definition) is 7. The number of nitrogens with one attached hydrogen (secondary N) is 4. The van der Waals surface area contributed by atoms with Crippen LogP contribution in [0.3, 0.4) is 0 Å². The molecule has 0 spiro atoms. The average Bonchev–Trinajstić information content (AvgIpc) is 2.78. The normalized spacial score (nSPS) is 11.6. The van der Waals surface area contributed by atoms with Crippen LogP contribution in [-0.4, -0.2) is 89.9 Å². The monoisotopic (exact) mass is 547 g/mol. The van der Waals surface area contributed by atoms with Gasteiger partial charge in [-0.2, -0.15) is 0 Å². The third kappa shape index (κ3) is 21.8. The molecule has 0 bridgehead atoms. The summed E-state index contributed by atoms with van der Waals surface area (Å²) in [5.74, 6) is -0.205. The Balaban J connectivity index is 4.09. The van der Waals surface area contributed by atoms with E-state index < -0.39 is 30.0 Å². The quantitative estimate of drug-likeness (QED) is 0.110. The molecule has 0 aromatic carbocycles. The van der Waals surface area contributed by atoms with Gasteiger partial charge in [0.25, 0.3) is 0 Å². The Kier molecular flexibility index (Phi) is 17.9. The van der Waals surface area contributed by atoms with Crippen molar-refractivity contribution >= 4 is 30.3 Å². The van der Waals surface area contributed by atoms with Crippen LogP contribution in [0.1, 0.15) is 79.1 Å². The summed E-state index contributed by atoms with van der Waals surface area (Å²) >= 11 is 0. The van der Waals surface area contributed by atoms with Crippen LogP contribution in [0.4, 0.5) is 19.2 Å². The molecular formula is C24H45N5O9. The van der Waals surface area contributed by atoms with Crippen molar-refractivity contribution in [2.24, 2.45) is 0 Å². The summed E-state index contributed by atoms with van der Waals surface area (Å²) in [4.78, 5) is 58.7. The highest BCUT2D eigenvalue weighted by Crippen LogP contribution is 2.12. The number of nitrogens with zero attached hydrogens (tertiary/aromatic N) is 1. The molecule has 0 aromatic rings. The van der Waals surface area contributed by atoms with Gasteiger partial charge in [0.05, 0.1) is 13.3 Å². The van der Waals surface area contributed by atoms with Gasteiger partial charge in [-0.05, 0) is 59.8 Å². The van der Waals surface area contributed by atoms with Gasteiger partial charge in [0, 0.05) is 32.1 Å². The lowest BCUT2D eigenvalue weighted by Crippen LogP contribution is -2.41. The molecule has 5 amide bonds. The van der Waals surface area contributed by atoms with E-state index in [9.17, 15) is 24.0 Å². The maximum absolute atomic E-state index is 12.5. The van der Waals surface area contributed by atoms with Crippen molar-refractivity contribution < 1.29 is 43.7 Å².